The van der Waals surface area contributed by atoms with Crippen molar-refractivity contribution in [3.8, 4) is 11.3 Å². The van der Waals surface area contributed by atoms with E-state index in [0.29, 0.717) is 15.7 Å². The first-order valence-electron chi connectivity index (χ1n) is 5.49. The van der Waals surface area contributed by atoms with Gasteiger partial charge >= 0.3 is 0 Å². The number of benzene rings is 1. The van der Waals surface area contributed by atoms with E-state index in [2.05, 4.69) is 4.98 Å². The Bertz CT molecular complexity index is 791. The number of fused-ring (bicyclic) bond motifs is 1. The van der Waals surface area contributed by atoms with Crippen molar-refractivity contribution in [3.05, 3.63) is 45.0 Å². The van der Waals surface area contributed by atoms with E-state index in [0.717, 1.165) is 27.4 Å². The van der Waals surface area contributed by atoms with E-state index in [1.165, 1.54) is 11.3 Å². The normalized spacial score (nSPS) is 11.1. The van der Waals surface area contributed by atoms with Crippen molar-refractivity contribution in [2.75, 3.05) is 0 Å². The van der Waals surface area contributed by atoms with Gasteiger partial charge in [-0.2, -0.15) is 0 Å². The predicted molar refractivity (Wildman–Crippen MR) is 78.6 cm³/mol. The van der Waals surface area contributed by atoms with E-state index in [4.69, 9.17) is 23.2 Å². The summed E-state index contributed by atoms with van der Waals surface area (Å²) in [7, 11) is 0. The molecule has 6 heteroatoms. The first-order chi connectivity index (χ1) is 9.11. The fraction of sp³-hybridized carbons (Fsp3) is 0.0769. The quantitative estimate of drug-likeness (QED) is 0.653. The van der Waals surface area contributed by atoms with Gasteiger partial charge in [0.15, 0.2) is 11.2 Å². The van der Waals surface area contributed by atoms with Crippen molar-refractivity contribution < 1.29 is 4.79 Å². The molecule has 0 aliphatic heterocycles. The van der Waals surface area contributed by atoms with E-state index in [9.17, 15) is 4.79 Å². The van der Waals surface area contributed by atoms with Crippen LogP contribution in [0.2, 0.25) is 10.0 Å². The number of carbonyl (C=O) groups is 1. The molecule has 0 radical (unpaired) electrons. The van der Waals surface area contributed by atoms with Crippen LogP contribution in [-0.2, 0) is 0 Å². The summed E-state index contributed by atoms with van der Waals surface area (Å²) in [5.74, 6) is 0. The molecule has 0 spiro atoms. The van der Waals surface area contributed by atoms with Gasteiger partial charge in [0.25, 0.3) is 0 Å². The van der Waals surface area contributed by atoms with Gasteiger partial charge in [-0.05, 0) is 19.1 Å². The van der Waals surface area contributed by atoms with Crippen LogP contribution in [0.15, 0.2) is 24.4 Å². The summed E-state index contributed by atoms with van der Waals surface area (Å²) >= 11 is 13.5. The summed E-state index contributed by atoms with van der Waals surface area (Å²) in [4.78, 5) is 17.2. The number of aldehydes is 1. The lowest BCUT2D eigenvalue weighted by Gasteiger charge is -2.05. The number of nitrogens with zero attached hydrogens (tertiary/aromatic N) is 2. The standard InChI is InChI=1S/C13H8Cl2N2OS/c1-7-12(8-2-3-10(14)11(15)4-8)17-9(6-18)5-16-13(17)19-7/h2-6H,1H3. The van der Waals surface area contributed by atoms with Gasteiger partial charge in [0.05, 0.1) is 21.9 Å². The van der Waals surface area contributed by atoms with Crippen molar-refractivity contribution in [1.82, 2.24) is 9.38 Å². The highest BCUT2D eigenvalue weighted by Crippen LogP contribution is 2.34. The zero-order valence-corrected chi connectivity index (χ0v) is 12.2. The van der Waals surface area contributed by atoms with Crippen LogP contribution in [-0.4, -0.2) is 15.7 Å². The Kier molecular flexibility index (Phi) is 3.09. The zero-order chi connectivity index (χ0) is 13.6. The van der Waals surface area contributed by atoms with Crippen LogP contribution >= 0.6 is 34.5 Å². The Morgan fingerprint density at radius 2 is 2.11 bits per heavy atom. The van der Waals surface area contributed by atoms with Gasteiger partial charge in [0.1, 0.15) is 5.69 Å². The fourth-order valence-electron chi connectivity index (χ4n) is 2.05. The van der Waals surface area contributed by atoms with Crippen LogP contribution in [0.5, 0.6) is 0 Å². The number of aryl methyl sites for hydroxylation is 1. The molecule has 0 saturated heterocycles. The molecule has 0 amide bonds. The molecule has 0 saturated carbocycles. The molecule has 3 aromatic rings. The number of aromatic nitrogens is 2. The largest absolute Gasteiger partial charge is 0.296 e. The molecule has 0 atom stereocenters. The van der Waals surface area contributed by atoms with Gasteiger partial charge in [-0.25, -0.2) is 4.98 Å². The predicted octanol–water partition coefficient (Wildman–Crippen LogP) is 4.49. The number of hydrogen-bond acceptors (Lipinski definition) is 3. The Hall–Kier alpha value is -1.36. The second-order valence-corrected chi connectivity index (χ2v) is 6.05. The second-order valence-electron chi connectivity index (χ2n) is 4.05. The van der Waals surface area contributed by atoms with Crippen molar-refractivity contribution in [2.45, 2.75) is 6.92 Å². The van der Waals surface area contributed by atoms with Gasteiger partial charge < -0.3 is 0 Å². The molecule has 0 aliphatic rings. The number of carbonyl (C=O) groups excluding carboxylic acids is 1. The molecule has 2 aromatic heterocycles. The van der Waals surface area contributed by atoms with Crippen molar-refractivity contribution in [2.24, 2.45) is 0 Å². The molecule has 3 nitrogen and oxygen atoms in total. The maximum atomic E-state index is 11.1. The topological polar surface area (TPSA) is 34.4 Å². The number of rotatable bonds is 2. The molecule has 0 bridgehead atoms. The van der Waals surface area contributed by atoms with Crippen molar-refractivity contribution >= 4 is 45.8 Å². The molecule has 2 heterocycles. The summed E-state index contributed by atoms with van der Waals surface area (Å²) in [6.45, 7) is 1.99. The molecule has 96 valence electrons. The third-order valence-corrected chi connectivity index (χ3v) is 4.58. The average Bonchev–Trinajstić information content (AvgIpc) is 2.90. The number of imidazole rings is 1. The van der Waals surface area contributed by atoms with Crippen LogP contribution in [0, 0.1) is 6.92 Å². The maximum absolute atomic E-state index is 11.1. The molecular formula is C13H8Cl2N2OS. The van der Waals surface area contributed by atoms with E-state index >= 15 is 0 Å². The summed E-state index contributed by atoms with van der Waals surface area (Å²) in [5, 5.41) is 1.00. The molecule has 0 fully saturated rings. The highest BCUT2D eigenvalue weighted by molar-refractivity contribution is 7.17. The maximum Gasteiger partial charge on any atom is 0.194 e. The Balaban J connectivity index is 2.34. The third-order valence-electron chi connectivity index (χ3n) is 2.87. The molecular weight excluding hydrogens is 303 g/mol. The molecule has 0 unspecified atom stereocenters. The Labute approximate surface area is 123 Å². The average molecular weight is 311 g/mol. The molecule has 1 aromatic carbocycles. The third kappa shape index (κ3) is 1.96. The minimum absolute atomic E-state index is 0.491. The van der Waals surface area contributed by atoms with E-state index in [1.54, 1.807) is 18.3 Å². The lowest BCUT2D eigenvalue weighted by atomic mass is 10.1. The van der Waals surface area contributed by atoms with Gasteiger partial charge in [-0.15, -0.1) is 11.3 Å². The minimum Gasteiger partial charge on any atom is -0.296 e. The molecule has 3 rings (SSSR count). The van der Waals surface area contributed by atoms with Gasteiger partial charge in [0, 0.05) is 10.4 Å². The van der Waals surface area contributed by atoms with Crippen LogP contribution in [0.3, 0.4) is 0 Å². The van der Waals surface area contributed by atoms with Gasteiger partial charge in [-0.3, -0.25) is 9.20 Å². The van der Waals surface area contributed by atoms with Gasteiger partial charge in [-0.1, -0.05) is 29.3 Å². The van der Waals surface area contributed by atoms with Crippen molar-refractivity contribution in [1.29, 1.82) is 0 Å². The van der Waals surface area contributed by atoms with Crippen LogP contribution in [0.4, 0.5) is 0 Å². The molecule has 0 aliphatic carbocycles. The SMILES string of the molecule is Cc1sc2ncc(C=O)n2c1-c1ccc(Cl)c(Cl)c1. The number of halogens is 2. The molecule has 19 heavy (non-hydrogen) atoms. The fourth-order valence-corrected chi connectivity index (χ4v) is 3.32. The summed E-state index contributed by atoms with van der Waals surface area (Å²) < 4.78 is 1.84. The van der Waals surface area contributed by atoms with Crippen LogP contribution in [0.25, 0.3) is 16.2 Å². The lowest BCUT2D eigenvalue weighted by Crippen LogP contribution is -1.93. The number of hydrogen-bond donors (Lipinski definition) is 0. The first-order valence-corrected chi connectivity index (χ1v) is 7.06. The summed E-state index contributed by atoms with van der Waals surface area (Å²) in [5.41, 5.74) is 2.37. The van der Waals surface area contributed by atoms with E-state index in [-0.39, 0.29) is 0 Å². The summed E-state index contributed by atoms with van der Waals surface area (Å²) in [6, 6.07) is 5.43. The van der Waals surface area contributed by atoms with Gasteiger partial charge in [0.2, 0.25) is 0 Å². The molecule has 0 N–H and O–H groups in total. The second kappa shape index (κ2) is 4.63. The van der Waals surface area contributed by atoms with Crippen LogP contribution in [0.1, 0.15) is 15.4 Å². The number of thiazole rings is 1. The first kappa shape index (κ1) is 12.7. The Morgan fingerprint density at radius 1 is 1.32 bits per heavy atom. The summed E-state index contributed by atoms with van der Waals surface area (Å²) in [6.07, 6.45) is 2.37. The van der Waals surface area contributed by atoms with E-state index in [1.807, 2.05) is 17.4 Å². The minimum atomic E-state index is 0.491. The highest BCUT2D eigenvalue weighted by atomic mass is 35.5. The smallest absolute Gasteiger partial charge is 0.194 e. The lowest BCUT2D eigenvalue weighted by molar-refractivity contribution is 0.111. The van der Waals surface area contributed by atoms with Crippen LogP contribution < -0.4 is 0 Å². The Morgan fingerprint density at radius 3 is 2.79 bits per heavy atom. The van der Waals surface area contributed by atoms with Crippen molar-refractivity contribution in [3.63, 3.8) is 0 Å². The zero-order valence-electron chi connectivity index (χ0n) is 9.85. The highest BCUT2D eigenvalue weighted by Gasteiger charge is 2.16. The monoisotopic (exact) mass is 310 g/mol. The van der Waals surface area contributed by atoms with E-state index < -0.39 is 0 Å².